The molecule has 2 heterocycles. The minimum Gasteiger partial charge on any atom is -0.361 e. The molecule has 4 atom stereocenters. The smallest absolute Gasteiger partial charge is 0.243 e. The molecule has 0 spiro atoms. The van der Waals surface area contributed by atoms with Crippen LogP contribution in [0.5, 0.6) is 0 Å². The number of hydrogen-bond acceptors (Lipinski definition) is 5. The van der Waals surface area contributed by atoms with E-state index < -0.39 is 53.7 Å². The average Bonchev–Trinajstić information content (AvgIpc) is 3.22. The number of benzene rings is 1. The number of hydrogen-bond donors (Lipinski definition) is 6. The summed E-state index contributed by atoms with van der Waals surface area (Å²) in [4.78, 5) is 66.8. The molecule has 0 aliphatic carbocycles. The van der Waals surface area contributed by atoms with E-state index in [1.165, 1.54) is 13.8 Å². The Labute approximate surface area is 203 Å². The third-order valence-electron chi connectivity index (χ3n) is 5.92. The summed E-state index contributed by atoms with van der Waals surface area (Å²) in [5, 5.41) is 13.8. The van der Waals surface area contributed by atoms with Crippen molar-refractivity contribution in [3.8, 4) is 0 Å². The van der Waals surface area contributed by atoms with Crippen molar-refractivity contribution in [3.05, 3.63) is 36.0 Å². The zero-order valence-corrected chi connectivity index (χ0v) is 20.2. The molecule has 0 saturated carbocycles. The molecule has 188 valence electrons. The van der Waals surface area contributed by atoms with E-state index in [1.807, 2.05) is 24.3 Å². The van der Waals surface area contributed by atoms with Gasteiger partial charge in [-0.05, 0) is 31.4 Å². The molecule has 6 N–H and O–H groups in total. The monoisotopic (exact) mass is 484 g/mol. The Kier molecular flexibility index (Phi) is 8.10. The normalized spacial score (nSPS) is 25.1. The van der Waals surface area contributed by atoms with Crippen LogP contribution in [0, 0.1) is 5.92 Å². The van der Waals surface area contributed by atoms with Crippen molar-refractivity contribution in [3.63, 3.8) is 0 Å². The molecule has 5 amide bonds. The van der Waals surface area contributed by atoms with Gasteiger partial charge in [-0.3, -0.25) is 24.0 Å². The van der Waals surface area contributed by atoms with Crippen LogP contribution >= 0.6 is 0 Å². The fourth-order valence-electron chi connectivity index (χ4n) is 3.85. The molecule has 1 aliphatic heterocycles. The third kappa shape index (κ3) is 6.37. The van der Waals surface area contributed by atoms with Crippen molar-refractivity contribution in [1.29, 1.82) is 0 Å². The lowest BCUT2D eigenvalue weighted by atomic mass is 10.0. The highest BCUT2D eigenvalue weighted by atomic mass is 16.2. The maximum absolute atomic E-state index is 13.1. The molecule has 1 aliphatic rings. The minimum atomic E-state index is -1.01. The van der Waals surface area contributed by atoms with Gasteiger partial charge in [0.05, 0.1) is 6.54 Å². The van der Waals surface area contributed by atoms with Crippen LogP contribution in [0.25, 0.3) is 10.9 Å². The Morgan fingerprint density at radius 3 is 2.20 bits per heavy atom. The molecule has 1 aromatic heterocycles. The second-order valence-corrected chi connectivity index (χ2v) is 9.09. The Balaban J connectivity index is 1.89. The van der Waals surface area contributed by atoms with E-state index in [0.717, 1.165) is 16.5 Å². The number of carbonyl (C=O) groups excluding carboxylic acids is 5. The maximum atomic E-state index is 13.1. The summed E-state index contributed by atoms with van der Waals surface area (Å²) in [7, 11) is 0. The van der Waals surface area contributed by atoms with Crippen molar-refractivity contribution >= 4 is 40.4 Å². The van der Waals surface area contributed by atoms with Crippen LogP contribution in [0.15, 0.2) is 30.5 Å². The predicted molar refractivity (Wildman–Crippen MR) is 129 cm³/mol. The highest BCUT2D eigenvalue weighted by Crippen LogP contribution is 2.19. The van der Waals surface area contributed by atoms with Gasteiger partial charge in [0.1, 0.15) is 24.2 Å². The number of carbonyl (C=O) groups is 5. The zero-order chi connectivity index (χ0) is 25.7. The Bertz CT molecular complexity index is 1130. The van der Waals surface area contributed by atoms with Crippen LogP contribution in [0.4, 0.5) is 0 Å². The van der Waals surface area contributed by atoms with E-state index in [2.05, 4.69) is 31.6 Å². The Morgan fingerprint density at radius 2 is 1.49 bits per heavy atom. The van der Waals surface area contributed by atoms with Gasteiger partial charge < -0.3 is 31.6 Å². The maximum Gasteiger partial charge on any atom is 0.243 e. The second kappa shape index (κ2) is 11.0. The number of aromatic amines is 1. The van der Waals surface area contributed by atoms with Gasteiger partial charge in [0.15, 0.2) is 0 Å². The summed E-state index contributed by atoms with van der Waals surface area (Å²) < 4.78 is 0. The first-order chi connectivity index (χ1) is 16.6. The van der Waals surface area contributed by atoms with Gasteiger partial charge in [-0.15, -0.1) is 0 Å². The summed E-state index contributed by atoms with van der Waals surface area (Å²) in [6.07, 6.45) is 1.93. The average molecular weight is 485 g/mol. The summed E-state index contributed by atoms with van der Waals surface area (Å²) in [6, 6.07) is 3.72. The van der Waals surface area contributed by atoms with Crippen LogP contribution in [0.1, 0.15) is 33.3 Å². The highest BCUT2D eigenvalue weighted by Gasteiger charge is 2.31. The molecule has 1 fully saturated rings. The van der Waals surface area contributed by atoms with Gasteiger partial charge in [0.2, 0.25) is 29.5 Å². The van der Waals surface area contributed by atoms with Gasteiger partial charge in [0.25, 0.3) is 0 Å². The van der Waals surface area contributed by atoms with E-state index >= 15 is 0 Å². The number of para-hydroxylation sites is 1. The lowest BCUT2D eigenvalue weighted by molar-refractivity contribution is -0.133. The molecule has 1 aromatic carbocycles. The van der Waals surface area contributed by atoms with Crippen molar-refractivity contribution in [2.24, 2.45) is 5.92 Å². The lowest BCUT2D eigenvalue weighted by Crippen LogP contribution is -2.57. The third-order valence-corrected chi connectivity index (χ3v) is 5.92. The van der Waals surface area contributed by atoms with Gasteiger partial charge in [0, 0.05) is 23.5 Å². The summed E-state index contributed by atoms with van der Waals surface area (Å²) in [5.74, 6) is -3.07. The van der Waals surface area contributed by atoms with Crippen LogP contribution in [-0.2, 0) is 30.4 Å². The SMILES string of the molecule is CC(C)[C@@H]1NC(=O)CNC(=O)[C@H](C)NC(=O)[C@H](Cc2c[nH]c3ccccc23)NC(=O)[C@H](C)NC1=O. The molecule has 0 radical (unpaired) electrons. The first kappa shape index (κ1) is 25.7. The fraction of sp³-hybridized carbons (Fsp3) is 0.458. The van der Waals surface area contributed by atoms with Crippen LogP contribution in [0.2, 0.25) is 0 Å². The molecule has 2 aromatic rings. The summed E-state index contributed by atoms with van der Waals surface area (Å²) in [5.41, 5.74) is 1.69. The lowest BCUT2D eigenvalue weighted by Gasteiger charge is -2.25. The number of fused-ring (bicyclic) bond motifs is 1. The predicted octanol–water partition coefficient (Wildman–Crippen LogP) is -0.525. The number of amides is 5. The van der Waals surface area contributed by atoms with Crippen LogP contribution in [0.3, 0.4) is 0 Å². The van der Waals surface area contributed by atoms with Crippen LogP contribution in [-0.4, -0.2) is 65.2 Å². The van der Waals surface area contributed by atoms with Gasteiger partial charge in [-0.1, -0.05) is 32.0 Å². The number of rotatable bonds is 3. The highest BCUT2D eigenvalue weighted by molar-refractivity contribution is 5.97. The van der Waals surface area contributed by atoms with E-state index in [9.17, 15) is 24.0 Å². The molecule has 3 rings (SSSR count). The van der Waals surface area contributed by atoms with Gasteiger partial charge in [-0.25, -0.2) is 0 Å². The van der Waals surface area contributed by atoms with Crippen LogP contribution < -0.4 is 26.6 Å². The Morgan fingerprint density at radius 1 is 0.829 bits per heavy atom. The van der Waals surface area contributed by atoms with E-state index in [-0.39, 0.29) is 18.9 Å². The van der Waals surface area contributed by atoms with Crippen molar-refractivity contribution in [1.82, 2.24) is 31.6 Å². The van der Waals surface area contributed by atoms with Gasteiger partial charge in [-0.2, -0.15) is 0 Å². The topological polar surface area (TPSA) is 161 Å². The number of nitrogens with one attached hydrogen (secondary N) is 6. The molecule has 11 heteroatoms. The Hall–Kier alpha value is -3.89. The molecule has 1 saturated heterocycles. The largest absolute Gasteiger partial charge is 0.361 e. The molecule has 11 nitrogen and oxygen atoms in total. The van der Waals surface area contributed by atoms with E-state index in [4.69, 9.17) is 0 Å². The molecule has 0 bridgehead atoms. The van der Waals surface area contributed by atoms with Gasteiger partial charge >= 0.3 is 0 Å². The summed E-state index contributed by atoms with van der Waals surface area (Å²) in [6.45, 7) is 6.13. The molecular weight excluding hydrogens is 452 g/mol. The first-order valence-electron chi connectivity index (χ1n) is 11.6. The van der Waals surface area contributed by atoms with Crippen molar-refractivity contribution in [2.45, 2.75) is 58.3 Å². The van der Waals surface area contributed by atoms with Crippen molar-refractivity contribution < 1.29 is 24.0 Å². The first-order valence-corrected chi connectivity index (χ1v) is 11.6. The zero-order valence-electron chi connectivity index (χ0n) is 20.2. The number of aromatic nitrogens is 1. The summed E-state index contributed by atoms with van der Waals surface area (Å²) >= 11 is 0. The fourth-order valence-corrected chi connectivity index (χ4v) is 3.85. The standard InChI is InChI=1S/C24H32N6O5/c1-12(2)20-24(35)28-14(4)22(33)29-18(9-15-10-25-17-8-6-5-7-16(15)17)23(34)27-13(3)21(32)26-11-19(31)30-20/h5-8,10,12-14,18,20,25H,9,11H2,1-4H3,(H,26,32)(H,27,34)(H,28,35)(H,29,33)(H,30,31)/t13-,14-,18-,20-/m0/s1. The second-order valence-electron chi connectivity index (χ2n) is 9.09. The minimum absolute atomic E-state index is 0.158. The molecule has 35 heavy (non-hydrogen) atoms. The number of H-pyrrole nitrogens is 1. The molecular formula is C24H32N6O5. The van der Waals surface area contributed by atoms with E-state index in [0.29, 0.717) is 0 Å². The van der Waals surface area contributed by atoms with E-state index in [1.54, 1.807) is 20.0 Å². The van der Waals surface area contributed by atoms with Crippen molar-refractivity contribution in [2.75, 3.05) is 6.54 Å². The quantitative estimate of drug-likeness (QED) is 0.345. The molecule has 0 unspecified atom stereocenters.